The molecule has 0 atom stereocenters. The van der Waals surface area contributed by atoms with Crippen LogP contribution in [-0.4, -0.2) is 36.2 Å². The molecule has 7 nitrogen and oxygen atoms in total. The van der Waals surface area contributed by atoms with Gasteiger partial charge in [-0.1, -0.05) is 0 Å². The molecule has 90 valence electrons. The number of rotatable bonds is 1. The van der Waals surface area contributed by atoms with Crippen LogP contribution in [0.3, 0.4) is 0 Å². The molecule has 1 aliphatic heterocycles. The highest BCUT2D eigenvalue weighted by molar-refractivity contribution is 7.85. The lowest BCUT2D eigenvalue weighted by Gasteiger charge is -2.17. The van der Waals surface area contributed by atoms with Crippen molar-refractivity contribution in [1.29, 1.82) is 0 Å². The van der Waals surface area contributed by atoms with E-state index in [4.69, 9.17) is 14.0 Å². The Morgan fingerprint density at radius 1 is 1.24 bits per heavy atom. The topological polar surface area (TPSA) is 102 Å². The maximum absolute atomic E-state index is 10.9. The average Bonchev–Trinajstić information content (AvgIpc) is 2.68. The lowest BCUT2D eigenvalue weighted by atomic mass is 10.2. The van der Waals surface area contributed by atoms with Crippen molar-refractivity contribution >= 4 is 21.2 Å². The number of hydrogen-bond donors (Lipinski definition) is 2. The van der Waals surface area contributed by atoms with Gasteiger partial charge in [0, 0.05) is 12.1 Å². The van der Waals surface area contributed by atoms with Gasteiger partial charge in [0.25, 0.3) is 5.16 Å². The first-order valence-electron chi connectivity index (χ1n) is 4.81. The summed E-state index contributed by atoms with van der Waals surface area (Å²) < 4.78 is 41.4. The third-order valence-corrected chi connectivity index (χ3v) is 3.05. The second kappa shape index (κ2) is 3.34. The predicted molar refractivity (Wildman–Crippen MR) is 56.9 cm³/mol. The number of benzene rings is 1. The SMILES string of the molecule is O=S(=O)(O)c1nc2cc3c(cc2[nH]1)OCCO3. The van der Waals surface area contributed by atoms with Gasteiger partial charge >= 0.3 is 10.1 Å². The van der Waals surface area contributed by atoms with E-state index in [0.29, 0.717) is 35.7 Å². The van der Waals surface area contributed by atoms with Gasteiger partial charge in [0.2, 0.25) is 0 Å². The van der Waals surface area contributed by atoms with Gasteiger partial charge in [0.1, 0.15) is 13.2 Å². The van der Waals surface area contributed by atoms with Gasteiger partial charge in [-0.05, 0) is 0 Å². The molecule has 1 aromatic carbocycles. The number of aromatic nitrogens is 2. The Hall–Kier alpha value is -1.80. The van der Waals surface area contributed by atoms with Crippen LogP contribution >= 0.6 is 0 Å². The van der Waals surface area contributed by atoms with E-state index in [2.05, 4.69) is 9.97 Å². The summed E-state index contributed by atoms with van der Waals surface area (Å²) in [5.74, 6) is 1.03. The van der Waals surface area contributed by atoms with Gasteiger partial charge in [-0.3, -0.25) is 4.55 Å². The average molecular weight is 256 g/mol. The van der Waals surface area contributed by atoms with Crippen molar-refractivity contribution < 1.29 is 22.4 Å². The number of imidazole rings is 1. The van der Waals surface area contributed by atoms with Crippen molar-refractivity contribution in [1.82, 2.24) is 9.97 Å². The van der Waals surface area contributed by atoms with Gasteiger partial charge in [0.05, 0.1) is 11.0 Å². The summed E-state index contributed by atoms with van der Waals surface area (Å²) in [6, 6.07) is 3.15. The van der Waals surface area contributed by atoms with Crippen LogP contribution in [0.25, 0.3) is 11.0 Å². The van der Waals surface area contributed by atoms with E-state index in [1.165, 1.54) is 0 Å². The molecule has 0 saturated heterocycles. The van der Waals surface area contributed by atoms with Crippen LogP contribution < -0.4 is 9.47 Å². The maximum Gasteiger partial charge on any atom is 0.328 e. The largest absolute Gasteiger partial charge is 0.486 e. The molecule has 0 saturated carbocycles. The summed E-state index contributed by atoms with van der Waals surface area (Å²) in [5, 5.41) is -0.491. The molecule has 1 aliphatic rings. The molecule has 0 aliphatic carbocycles. The van der Waals surface area contributed by atoms with E-state index < -0.39 is 15.3 Å². The molecular weight excluding hydrogens is 248 g/mol. The first kappa shape index (κ1) is 10.4. The molecule has 0 bridgehead atoms. The van der Waals surface area contributed by atoms with Crippen LogP contribution in [0.4, 0.5) is 0 Å². The summed E-state index contributed by atoms with van der Waals surface area (Å²) >= 11 is 0. The minimum atomic E-state index is -4.34. The molecule has 0 unspecified atom stereocenters. The fourth-order valence-corrected chi connectivity index (χ4v) is 2.10. The maximum atomic E-state index is 10.9. The molecule has 0 amide bonds. The highest BCUT2D eigenvalue weighted by Gasteiger charge is 2.19. The van der Waals surface area contributed by atoms with E-state index in [1.807, 2.05) is 0 Å². The quantitative estimate of drug-likeness (QED) is 0.724. The van der Waals surface area contributed by atoms with Crippen LogP contribution in [0.15, 0.2) is 17.3 Å². The third-order valence-electron chi connectivity index (χ3n) is 2.37. The summed E-state index contributed by atoms with van der Waals surface area (Å²) in [4.78, 5) is 6.26. The van der Waals surface area contributed by atoms with Crippen LogP contribution in [0.1, 0.15) is 0 Å². The zero-order valence-corrected chi connectivity index (χ0v) is 9.32. The predicted octanol–water partition coefficient (Wildman–Crippen LogP) is 0.581. The number of hydrogen-bond acceptors (Lipinski definition) is 5. The second-order valence-corrected chi connectivity index (χ2v) is 4.87. The number of nitrogens with one attached hydrogen (secondary N) is 1. The number of aromatic amines is 1. The van der Waals surface area contributed by atoms with Crippen molar-refractivity contribution in [3.05, 3.63) is 12.1 Å². The Bertz CT molecular complexity index is 648. The number of H-pyrrole nitrogens is 1. The molecule has 2 heterocycles. The van der Waals surface area contributed by atoms with Crippen LogP contribution in [0.2, 0.25) is 0 Å². The lowest BCUT2D eigenvalue weighted by Crippen LogP contribution is -2.15. The van der Waals surface area contributed by atoms with E-state index in [0.717, 1.165) is 0 Å². The highest BCUT2D eigenvalue weighted by Crippen LogP contribution is 2.33. The van der Waals surface area contributed by atoms with Gasteiger partial charge in [-0.2, -0.15) is 8.42 Å². The van der Waals surface area contributed by atoms with Crippen molar-refractivity contribution in [2.75, 3.05) is 13.2 Å². The van der Waals surface area contributed by atoms with Crippen molar-refractivity contribution in [3.63, 3.8) is 0 Å². The molecule has 0 spiro atoms. The molecule has 0 fully saturated rings. The van der Waals surface area contributed by atoms with Gasteiger partial charge < -0.3 is 14.5 Å². The van der Waals surface area contributed by atoms with Gasteiger partial charge in [0.15, 0.2) is 11.5 Å². The van der Waals surface area contributed by atoms with Crippen LogP contribution in [-0.2, 0) is 10.1 Å². The standard InChI is InChI=1S/C9H8N2O5S/c12-17(13,14)9-10-5-3-7-8(4-6(5)11-9)16-2-1-15-7/h3-4H,1-2H2,(H,10,11)(H,12,13,14). The normalized spacial score (nSPS) is 15.1. The number of fused-ring (bicyclic) bond motifs is 2. The fraction of sp³-hybridized carbons (Fsp3) is 0.222. The minimum absolute atomic E-state index is 0.391. The smallest absolute Gasteiger partial charge is 0.328 e. The lowest BCUT2D eigenvalue weighted by molar-refractivity contribution is 0.172. The number of ether oxygens (including phenoxy) is 2. The van der Waals surface area contributed by atoms with Crippen LogP contribution in [0, 0.1) is 0 Å². The van der Waals surface area contributed by atoms with Crippen LogP contribution in [0.5, 0.6) is 11.5 Å². The Morgan fingerprint density at radius 2 is 1.88 bits per heavy atom. The molecule has 2 N–H and O–H groups in total. The van der Waals surface area contributed by atoms with Crippen molar-refractivity contribution in [2.45, 2.75) is 5.16 Å². The molecule has 17 heavy (non-hydrogen) atoms. The highest BCUT2D eigenvalue weighted by atomic mass is 32.2. The van der Waals surface area contributed by atoms with Gasteiger partial charge in [-0.15, -0.1) is 0 Å². The second-order valence-electron chi connectivity index (χ2n) is 3.53. The van der Waals surface area contributed by atoms with Crippen molar-refractivity contribution in [2.24, 2.45) is 0 Å². The third kappa shape index (κ3) is 1.71. The van der Waals surface area contributed by atoms with Gasteiger partial charge in [-0.25, -0.2) is 4.98 Å². The zero-order valence-electron chi connectivity index (χ0n) is 8.50. The summed E-state index contributed by atoms with van der Waals surface area (Å²) in [5.41, 5.74) is 0.851. The Kier molecular flexibility index (Phi) is 2.04. The molecule has 3 rings (SSSR count). The van der Waals surface area contributed by atoms with E-state index in [-0.39, 0.29) is 0 Å². The summed E-state index contributed by atoms with van der Waals surface area (Å²) in [7, 11) is -4.34. The molecule has 2 aromatic rings. The van der Waals surface area contributed by atoms with E-state index in [9.17, 15) is 8.42 Å². The molecule has 1 aromatic heterocycles. The first-order valence-corrected chi connectivity index (χ1v) is 6.25. The molecule has 8 heteroatoms. The summed E-state index contributed by atoms with van der Waals surface area (Å²) in [6.45, 7) is 0.881. The first-order chi connectivity index (χ1) is 8.04. The monoisotopic (exact) mass is 256 g/mol. The molecular formula is C9H8N2O5S. The van der Waals surface area contributed by atoms with E-state index in [1.54, 1.807) is 12.1 Å². The minimum Gasteiger partial charge on any atom is -0.486 e. The Balaban J connectivity index is 2.23. The van der Waals surface area contributed by atoms with Crippen molar-refractivity contribution in [3.8, 4) is 11.5 Å². The Labute approximate surface area is 96.1 Å². The fourth-order valence-electron chi connectivity index (χ4n) is 1.65. The summed E-state index contributed by atoms with van der Waals surface area (Å²) in [6.07, 6.45) is 0. The Morgan fingerprint density at radius 3 is 2.53 bits per heavy atom. The number of nitrogens with zero attached hydrogens (tertiary/aromatic N) is 1. The zero-order chi connectivity index (χ0) is 12.0. The molecule has 0 radical (unpaired) electrons. The van der Waals surface area contributed by atoms with E-state index >= 15 is 0 Å².